The molecule has 0 spiro atoms. The molecule has 4 nitrogen and oxygen atoms in total. The van der Waals surface area contributed by atoms with Gasteiger partial charge in [0.15, 0.2) is 0 Å². The van der Waals surface area contributed by atoms with Gasteiger partial charge in [0.1, 0.15) is 12.2 Å². The van der Waals surface area contributed by atoms with Crippen LogP contribution in [0.2, 0.25) is 0 Å². The Hall–Kier alpha value is -1.91. The molecule has 110 valence electrons. The molecule has 0 radical (unpaired) electrons. The van der Waals surface area contributed by atoms with Gasteiger partial charge in [-0.15, -0.1) is 0 Å². The first-order valence-electron chi connectivity index (χ1n) is 6.76. The first-order valence-corrected chi connectivity index (χ1v) is 6.76. The summed E-state index contributed by atoms with van der Waals surface area (Å²) in [5.74, 6) is -0.577. The summed E-state index contributed by atoms with van der Waals surface area (Å²) in [6, 6.07) is 6.21. The molecule has 20 heavy (non-hydrogen) atoms. The molecule has 2 N–H and O–H groups in total. The molecular formula is C15H21FN2O2. The standard InChI is InChI=1S/C15H21FN2O2/c1-11(2)7-8-17-14(19)9-15(20)18-10-12-5-3-4-6-13(12)16/h3-6,11H,7-10H2,1-2H3,(H,17,19)(H,18,20). The fraction of sp³-hybridized carbons (Fsp3) is 0.467. The van der Waals surface area contributed by atoms with Crippen LogP contribution in [0.1, 0.15) is 32.3 Å². The Morgan fingerprint density at radius 1 is 1.15 bits per heavy atom. The van der Waals surface area contributed by atoms with Gasteiger partial charge in [-0.05, 0) is 18.4 Å². The van der Waals surface area contributed by atoms with Crippen LogP contribution in [0.5, 0.6) is 0 Å². The van der Waals surface area contributed by atoms with E-state index in [9.17, 15) is 14.0 Å². The highest BCUT2D eigenvalue weighted by molar-refractivity contribution is 5.96. The van der Waals surface area contributed by atoms with Crippen LogP contribution in [0.3, 0.4) is 0 Å². The number of halogens is 1. The van der Waals surface area contributed by atoms with Crippen LogP contribution >= 0.6 is 0 Å². The highest BCUT2D eigenvalue weighted by atomic mass is 19.1. The van der Waals surface area contributed by atoms with Crippen molar-refractivity contribution in [3.63, 3.8) is 0 Å². The fourth-order valence-electron chi connectivity index (χ4n) is 1.61. The van der Waals surface area contributed by atoms with Crippen LogP contribution in [-0.2, 0) is 16.1 Å². The number of carbonyl (C=O) groups is 2. The summed E-state index contributed by atoms with van der Waals surface area (Å²) in [5, 5.41) is 5.21. The molecular weight excluding hydrogens is 259 g/mol. The van der Waals surface area contributed by atoms with Crippen LogP contribution in [0.25, 0.3) is 0 Å². The topological polar surface area (TPSA) is 58.2 Å². The number of carbonyl (C=O) groups excluding carboxylic acids is 2. The van der Waals surface area contributed by atoms with E-state index in [0.717, 1.165) is 6.42 Å². The molecule has 0 aliphatic rings. The summed E-state index contributed by atoms with van der Waals surface area (Å²) in [6.45, 7) is 4.78. The lowest BCUT2D eigenvalue weighted by molar-refractivity contribution is -0.129. The summed E-state index contributed by atoms with van der Waals surface area (Å²) in [6.07, 6.45) is 0.648. The van der Waals surface area contributed by atoms with Gasteiger partial charge in [-0.25, -0.2) is 4.39 Å². The van der Waals surface area contributed by atoms with Crippen molar-refractivity contribution < 1.29 is 14.0 Å². The third-order valence-electron chi connectivity index (χ3n) is 2.80. The lowest BCUT2D eigenvalue weighted by Gasteiger charge is -2.08. The minimum atomic E-state index is -0.407. The van der Waals surface area contributed by atoms with Crippen LogP contribution < -0.4 is 10.6 Å². The molecule has 1 rings (SSSR count). The van der Waals surface area contributed by atoms with Gasteiger partial charge >= 0.3 is 0 Å². The average molecular weight is 280 g/mol. The minimum Gasteiger partial charge on any atom is -0.356 e. The van der Waals surface area contributed by atoms with E-state index in [-0.39, 0.29) is 24.7 Å². The Morgan fingerprint density at radius 3 is 2.45 bits per heavy atom. The molecule has 0 unspecified atom stereocenters. The maximum atomic E-state index is 13.3. The third kappa shape index (κ3) is 6.31. The third-order valence-corrected chi connectivity index (χ3v) is 2.80. The number of benzene rings is 1. The number of rotatable bonds is 7. The predicted octanol–water partition coefficient (Wildman–Crippen LogP) is 1.99. The maximum Gasteiger partial charge on any atom is 0.229 e. The highest BCUT2D eigenvalue weighted by Crippen LogP contribution is 2.05. The second-order valence-electron chi connectivity index (χ2n) is 5.08. The van der Waals surface area contributed by atoms with Gasteiger partial charge in [0.2, 0.25) is 11.8 Å². The lowest BCUT2D eigenvalue weighted by Crippen LogP contribution is -2.32. The molecule has 2 amide bonds. The number of amides is 2. The molecule has 0 bridgehead atoms. The van der Waals surface area contributed by atoms with Gasteiger partial charge in [0, 0.05) is 18.7 Å². The van der Waals surface area contributed by atoms with Gasteiger partial charge in [-0.2, -0.15) is 0 Å². The zero-order chi connectivity index (χ0) is 15.0. The van der Waals surface area contributed by atoms with E-state index in [4.69, 9.17) is 0 Å². The molecule has 0 aliphatic carbocycles. The number of nitrogens with one attached hydrogen (secondary N) is 2. The minimum absolute atomic E-state index is 0.0881. The van der Waals surface area contributed by atoms with Gasteiger partial charge in [0.25, 0.3) is 0 Å². The van der Waals surface area contributed by atoms with Gasteiger partial charge in [-0.1, -0.05) is 32.0 Å². The van der Waals surface area contributed by atoms with Crippen LogP contribution in [0, 0.1) is 11.7 Å². The van der Waals surface area contributed by atoms with Crippen molar-refractivity contribution in [2.45, 2.75) is 33.2 Å². The number of hydrogen-bond donors (Lipinski definition) is 2. The van der Waals surface area contributed by atoms with Crippen LogP contribution in [0.15, 0.2) is 24.3 Å². The normalized spacial score (nSPS) is 10.4. The Morgan fingerprint density at radius 2 is 1.80 bits per heavy atom. The van der Waals surface area contributed by atoms with Gasteiger partial charge < -0.3 is 10.6 Å². The maximum absolute atomic E-state index is 13.3. The van der Waals surface area contributed by atoms with E-state index in [1.807, 2.05) is 0 Å². The monoisotopic (exact) mass is 280 g/mol. The molecule has 0 saturated carbocycles. The lowest BCUT2D eigenvalue weighted by atomic mass is 10.1. The second-order valence-corrected chi connectivity index (χ2v) is 5.08. The molecule has 0 aliphatic heterocycles. The molecule has 5 heteroatoms. The molecule has 1 aromatic carbocycles. The summed E-state index contributed by atoms with van der Waals surface area (Å²) in [5.41, 5.74) is 0.404. The van der Waals surface area contributed by atoms with Gasteiger partial charge in [-0.3, -0.25) is 9.59 Å². The van der Waals surface area contributed by atoms with Crippen molar-refractivity contribution >= 4 is 11.8 Å². The van der Waals surface area contributed by atoms with Crippen LogP contribution in [-0.4, -0.2) is 18.4 Å². The molecule has 0 aromatic heterocycles. The summed E-state index contributed by atoms with van der Waals surface area (Å²) in [7, 11) is 0. The van der Waals surface area contributed by atoms with Crippen molar-refractivity contribution in [2.24, 2.45) is 5.92 Å². The SMILES string of the molecule is CC(C)CCNC(=O)CC(=O)NCc1ccccc1F. The van der Waals surface area contributed by atoms with E-state index < -0.39 is 5.91 Å². The van der Waals surface area contributed by atoms with Gasteiger partial charge in [0.05, 0.1) is 0 Å². The Bertz CT molecular complexity index is 461. The van der Waals surface area contributed by atoms with Crippen molar-refractivity contribution in [3.05, 3.63) is 35.6 Å². The zero-order valence-electron chi connectivity index (χ0n) is 11.9. The average Bonchev–Trinajstić information content (AvgIpc) is 2.37. The molecule has 0 fully saturated rings. The van der Waals surface area contributed by atoms with Crippen molar-refractivity contribution in [2.75, 3.05) is 6.54 Å². The number of hydrogen-bond acceptors (Lipinski definition) is 2. The van der Waals surface area contributed by atoms with E-state index in [1.54, 1.807) is 18.2 Å². The summed E-state index contributed by atoms with van der Waals surface area (Å²) >= 11 is 0. The second kappa shape index (κ2) is 8.30. The molecule has 0 atom stereocenters. The first kappa shape index (κ1) is 16.1. The molecule has 0 heterocycles. The Kier molecular flexibility index (Phi) is 6.70. The predicted molar refractivity (Wildman–Crippen MR) is 75.3 cm³/mol. The van der Waals surface area contributed by atoms with E-state index in [0.29, 0.717) is 18.0 Å². The zero-order valence-corrected chi connectivity index (χ0v) is 11.9. The Labute approximate surface area is 118 Å². The van der Waals surface area contributed by atoms with E-state index in [2.05, 4.69) is 24.5 Å². The largest absolute Gasteiger partial charge is 0.356 e. The summed E-state index contributed by atoms with van der Waals surface area (Å²) in [4.78, 5) is 23.0. The summed E-state index contributed by atoms with van der Waals surface area (Å²) < 4.78 is 13.3. The van der Waals surface area contributed by atoms with E-state index in [1.165, 1.54) is 6.07 Å². The van der Waals surface area contributed by atoms with Crippen molar-refractivity contribution in [3.8, 4) is 0 Å². The quantitative estimate of drug-likeness (QED) is 0.750. The van der Waals surface area contributed by atoms with Crippen molar-refractivity contribution in [1.82, 2.24) is 10.6 Å². The fourth-order valence-corrected chi connectivity index (χ4v) is 1.61. The Balaban J connectivity index is 2.26. The molecule has 0 saturated heterocycles. The van der Waals surface area contributed by atoms with Crippen LogP contribution in [0.4, 0.5) is 4.39 Å². The first-order chi connectivity index (χ1) is 9.49. The molecule has 1 aromatic rings. The highest BCUT2D eigenvalue weighted by Gasteiger charge is 2.09. The van der Waals surface area contributed by atoms with Crippen molar-refractivity contribution in [1.29, 1.82) is 0 Å². The van der Waals surface area contributed by atoms with E-state index >= 15 is 0 Å². The smallest absolute Gasteiger partial charge is 0.229 e.